The van der Waals surface area contributed by atoms with Crippen LogP contribution < -0.4 is 0 Å². The molecular weight excluding hydrogens is 108 g/mol. The van der Waals surface area contributed by atoms with Crippen molar-refractivity contribution >= 4 is 0 Å². The zero-order valence-electron chi connectivity index (χ0n) is 6.54. The fourth-order valence-corrected chi connectivity index (χ4v) is 0.729. The molecule has 9 heavy (non-hydrogen) atoms. The lowest BCUT2D eigenvalue weighted by Crippen LogP contribution is -1.75. The Bertz CT molecular complexity index is 105. The highest BCUT2D eigenvalue weighted by atomic mass is 13.9. The summed E-state index contributed by atoms with van der Waals surface area (Å²) in [6.45, 7) is 7.88. The molecule has 0 saturated carbocycles. The molecule has 52 valence electrons. The average Bonchev–Trinajstić information content (AvgIpc) is 1.89. The second-order valence-corrected chi connectivity index (χ2v) is 2.41. The molecule has 0 aliphatic heterocycles. The Labute approximate surface area is 58.3 Å². The third-order valence-corrected chi connectivity index (χ3v) is 1.46. The summed E-state index contributed by atoms with van der Waals surface area (Å²) in [5.41, 5.74) is 4.19. The maximum atomic E-state index is 3.58. The molecule has 0 aliphatic rings. The van der Waals surface area contributed by atoms with Crippen LogP contribution in [0.5, 0.6) is 0 Å². The van der Waals surface area contributed by atoms with Crippen LogP contribution in [-0.4, -0.2) is 0 Å². The summed E-state index contributed by atoms with van der Waals surface area (Å²) in [4.78, 5) is 0. The summed E-state index contributed by atoms with van der Waals surface area (Å²) in [5, 5.41) is 0. The Morgan fingerprint density at radius 3 is 2.56 bits per heavy atom. The van der Waals surface area contributed by atoms with Crippen molar-refractivity contribution in [2.45, 2.75) is 39.5 Å². The zero-order chi connectivity index (χ0) is 7.11. The number of rotatable bonds is 4. The standard InChI is InChI=1S/C9H16/c1-4-6-7-8-9(3)5-2/h2,4,6-8H2,1,3H3. The van der Waals surface area contributed by atoms with Gasteiger partial charge in [-0.15, -0.1) is 5.73 Å². The van der Waals surface area contributed by atoms with Crippen LogP contribution in [0, 0.1) is 0 Å². The first kappa shape index (κ1) is 8.52. The van der Waals surface area contributed by atoms with Gasteiger partial charge in [0.1, 0.15) is 0 Å². The van der Waals surface area contributed by atoms with Crippen LogP contribution in [0.2, 0.25) is 0 Å². The Hall–Kier alpha value is -0.480. The fourth-order valence-electron chi connectivity index (χ4n) is 0.729. The predicted octanol–water partition coefficient (Wildman–Crippen LogP) is 3.30. The topological polar surface area (TPSA) is 0 Å². The van der Waals surface area contributed by atoms with Crippen molar-refractivity contribution in [1.82, 2.24) is 0 Å². The number of hydrogen-bond donors (Lipinski definition) is 0. The van der Waals surface area contributed by atoms with Crippen molar-refractivity contribution in [2.75, 3.05) is 0 Å². The zero-order valence-corrected chi connectivity index (χ0v) is 6.54. The van der Waals surface area contributed by atoms with Crippen LogP contribution in [-0.2, 0) is 0 Å². The van der Waals surface area contributed by atoms with Crippen molar-refractivity contribution in [3.05, 3.63) is 17.9 Å². The van der Waals surface area contributed by atoms with E-state index >= 15 is 0 Å². The molecule has 0 aromatic carbocycles. The van der Waals surface area contributed by atoms with Gasteiger partial charge in [0.25, 0.3) is 0 Å². The molecule has 0 atom stereocenters. The summed E-state index contributed by atoms with van der Waals surface area (Å²) in [6, 6.07) is 0. The second kappa shape index (κ2) is 5.65. The van der Waals surface area contributed by atoms with Gasteiger partial charge in [-0.1, -0.05) is 26.3 Å². The summed E-state index contributed by atoms with van der Waals surface area (Å²) in [7, 11) is 0. The molecule has 0 spiro atoms. The van der Waals surface area contributed by atoms with Crippen molar-refractivity contribution in [3.63, 3.8) is 0 Å². The maximum absolute atomic E-state index is 3.58. The van der Waals surface area contributed by atoms with E-state index in [1.165, 1.54) is 31.3 Å². The van der Waals surface area contributed by atoms with Gasteiger partial charge >= 0.3 is 0 Å². The molecule has 0 aliphatic carbocycles. The molecule has 0 unspecified atom stereocenters. The van der Waals surface area contributed by atoms with Crippen LogP contribution in [0.3, 0.4) is 0 Å². The summed E-state index contributed by atoms with van der Waals surface area (Å²) in [6.07, 6.45) is 5.10. The van der Waals surface area contributed by atoms with Gasteiger partial charge in [-0.2, -0.15) is 0 Å². The smallest absolute Gasteiger partial charge is 0.0247 e. The minimum atomic E-state index is 1.18. The highest BCUT2D eigenvalue weighted by Crippen LogP contribution is 2.05. The molecule has 0 aromatic rings. The van der Waals surface area contributed by atoms with Gasteiger partial charge in [0, 0.05) is 0 Å². The maximum Gasteiger partial charge on any atom is -0.0247 e. The SMILES string of the molecule is C=C=C(C)CCCCC. The van der Waals surface area contributed by atoms with Gasteiger partial charge in [-0.25, -0.2) is 0 Å². The molecule has 0 saturated heterocycles. The van der Waals surface area contributed by atoms with Crippen LogP contribution >= 0.6 is 0 Å². The third kappa shape index (κ3) is 5.39. The number of hydrogen-bond acceptors (Lipinski definition) is 0. The van der Waals surface area contributed by atoms with Gasteiger partial charge in [0.15, 0.2) is 0 Å². The van der Waals surface area contributed by atoms with Crippen molar-refractivity contribution in [2.24, 2.45) is 0 Å². The van der Waals surface area contributed by atoms with Gasteiger partial charge in [-0.05, 0) is 25.3 Å². The molecule has 0 heterocycles. The Kier molecular flexibility index (Phi) is 5.35. The predicted molar refractivity (Wildman–Crippen MR) is 42.5 cm³/mol. The molecule has 0 radical (unpaired) electrons. The van der Waals surface area contributed by atoms with Gasteiger partial charge < -0.3 is 0 Å². The highest BCUT2D eigenvalue weighted by molar-refractivity contribution is 4.93. The molecule has 0 nitrogen and oxygen atoms in total. The van der Waals surface area contributed by atoms with Crippen molar-refractivity contribution in [1.29, 1.82) is 0 Å². The Morgan fingerprint density at radius 1 is 1.44 bits per heavy atom. The first-order valence-corrected chi connectivity index (χ1v) is 3.66. The molecule has 0 N–H and O–H groups in total. The van der Waals surface area contributed by atoms with Gasteiger partial charge in [0.05, 0.1) is 0 Å². The first-order valence-electron chi connectivity index (χ1n) is 3.66. The number of unbranched alkanes of at least 4 members (excludes halogenated alkanes) is 2. The van der Waals surface area contributed by atoms with Crippen molar-refractivity contribution < 1.29 is 0 Å². The normalized spacial score (nSPS) is 8.67. The van der Waals surface area contributed by atoms with Gasteiger partial charge in [-0.3, -0.25) is 0 Å². The van der Waals surface area contributed by atoms with E-state index in [0.29, 0.717) is 0 Å². The average molecular weight is 124 g/mol. The lowest BCUT2D eigenvalue weighted by Gasteiger charge is -1.94. The first-order chi connectivity index (χ1) is 4.31. The lowest BCUT2D eigenvalue weighted by atomic mass is 10.1. The molecule has 0 amide bonds. The van der Waals surface area contributed by atoms with Crippen LogP contribution in [0.15, 0.2) is 17.9 Å². The minimum absolute atomic E-state index is 1.18. The van der Waals surface area contributed by atoms with Crippen LogP contribution in [0.25, 0.3) is 0 Å². The molecule has 0 aromatic heterocycles. The van der Waals surface area contributed by atoms with E-state index in [2.05, 4.69) is 26.2 Å². The van der Waals surface area contributed by atoms with Crippen LogP contribution in [0.4, 0.5) is 0 Å². The van der Waals surface area contributed by atoms with Crippen LogP contribution in [0.1, 0.15) is 39.5 Å². The van der Waals surface area contributed by atoms with E-state index < -0.39 is 0 Å². The van der Waals surface area contributed by atoms with E-state index in [4.69, 9.17) is 0 Å². The van der Waals surface area contributed by atoms with Crippen molar-refractivity contribution in [3.8, 4) is 0 Å². The van der Waals surface area contributed by atoms with E-state index in [1.807, 2.05) is 0 Å². The fraction of sp³-hybridized carbons (Fsp3) is 0.667. The molecule has 0 bridgehead atoms. The van der Waals surface area contributed by atoms with E-state index in [-0.39, 0.29) is 0 Å². The van der Waals surface area contributed by atoms with E-state index in [9.17, 15) is 0 Å². The lowest BCUT2D eigenvalue weighted by molar-refractivity contribution is 0.714. The molecule has 0 fully saturated rings. The monoisotopic (exact) mass is 124 g/mol. The molecule has 0 rings (SSSR count). The van der Waals surface area contributed by atoms with E-state index in [0.717, 1.165) is 0 Å². The number of allylic oxidation sites excluding steroid dienone is 1. The quantitative estimate of drug-likeness (QED) is 0.398. The van der Waals surface area contributed by atoms with E-state index in [1.54, 1.807) is 0 Å². The Balaban J connectivity index is 3.17. The van der Waals surface area contributed by atoms with Gasteiger partial charge in [0.2, 0.25) is 0 Å². The molecular formula is C9H16. The third-order valence-electron chi connectivity index (χ3n) is 1.46. The summed E-state index contributed by atoms with van der Waals surface area (Å²) in [5.74, 6) is 0. The molecule has 0 heteroatoms. The second-order valence-electron chi connectivity index (χ2n) is 2.41. The summed E-state index contributed by atoms with van der Waals surface area (Å²) >= 11 is 0. The highest BCUT2D eigenvalue weighted by Gasteiger charge is 1.86. The largest absolute Gasteiger partial charge is 0.130 e. The minimum Gasteiger partial charge on any atom is -0.130 e. The summed E-state index contributed by atoms with van der Waals surface area (Å²) < 4.78 is 0. The Morgan fingerprint density at radius 2 is 2.11 bits per heavy atom.